The average Bonchev–Trinajstić information content (AvgIpc) is 2.67. The lowest BCUT2D eigenvalue weighted by molar-refractivity contribution is -0.127. The number of carbonyl (C=O) groups excluding carboxylic acids is 1. The Morgan fingerprint density at radius 1 is 1.24 bits per heavy atom. The molecule has 21 heavy (non-hydrogen) atoms. The summed E-state index contributed by atoms with van der Waals surface area (Å²) in [5.41, 5.74) is 2.51. The molecule has 1 fully saturated rings. The smallest absolute Gasteiger partial charge is 0.241 e. The molecule has 0 aliphatic carbocycles. The minimum absolute atomic E-state index is 0.207. The van der Waals surface area contributed by atoms with Gasteiger partial charge in [0.15, 0.2) is 0 Å². The van der Waals surface area contributed by atoms with Gasteiger partial charge in [-0.2, -0.15) is 0 Å². The molecule has 1 heterocycles. The van der Waals surface area contributed by atoms with Crippen molar-refractivity contribution < 1.29 is 4.79 Å². The van der Waals surface area contributed by atoms with Gasteiger partial charge in [-0.05, 0) is 31.0 Å². The predicted molar refractivity (Wildman–Crippen MR) is 87.6 cm³/mol. The van der Waals surface area contributed by atoms with E-state index in [0.717, 1.165) is 32.5 Å². The van der Waals surface area contributed by atoms with Crippen LogP contribution in [0.4, 0.5) is 5.69 Å². The van der Waals surface area contributed by atoms with Crippen LogP contribution in [0.3, 0.4) is 0 Å². The van der Waals surface area contributed by atoms with Crippen molar-refractivity contribution in [3.8, 4) is 0 Å². The topological polar surface area (TPSA) is 35.6 Å². The highest BCUT2D eigenvalue weighted by molar-refractivity contribution is 5.82. The van der Waals surface area contributed by atoms with Crippen molar-refractivity contribution in [2.45, 2.75) is 32.7 Å². The van der Waals surface area contributed by atoms with Crippen molar-refractivity contribution >= 4 is 11.6 Å². The fourth-order valence-corrected chi connectivity index (χ4v) is 2.98. The van der Waals surface area contributed by atoms with Crippen molar-refractivity contribution in [2.24, 2.45) is 0 Å². The van der Waals surface area contributed by atoms with E-state index in [1.165, 1.54) is 11.3 Å². The molecule has 0 saturated carbocycles. The molecule has 4 nitrogen and oxygen atoms in total. The first-order valence-electron chi connectivity index (χ1n) is 7.98. The van der Waals surface area contributed by atoms with Crippen molar-refractivity contribution in [1.29, 1.82) is 0 Å². The molecular formula is C17H27N3O. The summed E-state index contributed by atoms with van der Waals surface area (Å²) >= 11 is 0. The Balaban J connectivity index is 2.28. The fourth-order valence-electron chi connectivity index (χ4n) is 2.98. The second kappa shape index (κ2) is 7.46. The average molecular weight is 289 g/mol. The van der Waals surface area contributed by atoms with Gasteiger partial charge in [-0.25, -0.2) is 0 Å². The molecule has 1 aliphatic heterocycles. The van der Waals surface area contributed by atoms with Gasteiger partial charge in [-0.3, -0.25) is 4.79 Å². The van der Waals surface area contributed by atoms with Crippen LogP contribution in [-0.2, 0) is 4.79 Å². The van der Waals surface area contributed by atoms with E-state index in [1.807, 2.05) is 11.9 Å². The third-order valence-electron chi connectivity index (χ3n) is 4.19. The molecule has 116 valence electrons. The molecule has 1 N–H and O–H groups in total. The Bertz CT molecular complexity index is 475. The summed E-state index contributed by atoms with van der Waals surface area (Å²) in [6, 6.07) is 8.84. The molecule has 1 unspecified atom stereocenters. The van der Waals surface area contributed by atoms with Crippen LogP contribution in [-0.4, -0.2) is 44.0 Å². The van der Waals surface area contributed by atoms with Crippen LogP contribution in [0.2, 0.25) is 0 Å². The maximum absolute atomic E-state index is 12.1. The molecule has 0 bridgehead atoms. The lowest BCUT2D eigenvalue weighted by Crippen LogP contribution is -2.35. The number of anilines is 1. The highest BCUT2D eigenvalue weighted by atomic mass is 16.2. The molecule has 0 aromatic heterocycles. The lowest BCUT2D eigenvalue weighted by Gasteiger charge is -2.28. The largest absolute Gasteiger partial charge is 0.362 e. The van der Waals surface area contributed by atoms with Crippen LogP contribution in [0, 0.1) is 0 Å². The summed E-state index contributed by atoms with van der Waals surface area (Å²) in [4.78, 5) is 16.2. The van der Waals surface area contributed by atoms with Gasteiger partial charge in [0.1, 0.15) is 0 Å². The number of nitrogens with one attached hydrogen (secondary N) is 1. The maximum atomic E-state index is 12.1. The van der Waals surface area contributed by atoms with Gasteiger partial charge in [0, 0.05) is 31.9 Å². The van der Waals surface area contributed by atoms with E-state index in [-0.39, 0.29) is 5.91 Å². The van der Waals surface area contributed by atoms with E-state index in [4.69, 9.17) is 0 Å². The number of hydrogen-bond donors (Lipinski definition) is 1. The number of para-hydroxylation sites is 1. The minimum Gasteiger partial charge on any atom is -0.362 e. The van der Waals surface area contributed by atoms with Crippen LogP contribution >= 0.6 is 0 Å². The van der Waals surface area contributed by atoms with E-state index in [1.54, 1.807) is 0 Å². The highest BCUT2D eigenvalue weighted by Crippen LogP contribution is 2.29. The summed E-state index contributed by atoms with van der Waals surface area (Å²) in [6.45, 7) is 7.56. The van der Waals surface area contributed by atoms with Gasteiger partial charge in [0.2, 0.25) is 5.91 Å². The van der Waals surface area contributed by atoms with Crippen molar-refractivity contribution in [3.05, 3.63) is 29.8 Å². The standard InChI is InChI=1S/C17H27N3O/c1-4-15(18-5-2)14-9-6-7-10-16(14)20-12-8-11-19(3)17(21)13-20/h6-7,9-10,15,18H,4-5,8,11-13H2,1-3H3. The quantitative estimate of drug-likeness (QED) is 0.904. The molecule has 0 radical (unpaired) electrons. The maximum Gasteiger partial charge on any atom is 0.241 e. The fraction of sp³-hybridized carbons (Fsp3) is 0.588. The summed E-state index contributed by atoms with van der Waals surface area (Å²) < 4.78 is 0. The molecule has 1 aromatic carbocycles. The number of nitrogens with zero attached hydrogens (tertiary/aromatic N) is 2. The number of benzene rings is 1. The van der Waals surface area contributed by atoms with Gasteiger partial charge in [0.05, 0.1) is 6.54 Å². The first kappa shape index (κ1) is 15.8. The van der Waals surface area contributed by atoms with Crippen LogP contribution in [0.25, 0.3) is 0 Å². The van der Waals surface area contributed by atoms with Gasteiger partial charge in [-0.15, -0.1) is 0 Å². The number of rotatable bonds is 5. The van der Waals surface area contributed by atoms with E-state index >= 15 is 0 Å². The number of amides is 1. The number of likely N-dealkylation sites (N-methyl/N-ethyl adjacent to an activating group) is 1. The van der Waals surface area contributed by atoms with Crippen molar-refractivity contribution in [2.75, 3.05) is 38.1 Å². The second-order valence-corrected chi connectivity index (χ2v) is 5.67. The van der Waals surface area contributed by atoms with Gasteiger partial charge in [-0.1, -0.05) is 32.0 Å². The monoisotopic (exact) mass is 289 g/mol. The summed E-state index contributed by atoms with van der Waals surface area (Å²) in [7, 11) is 1.89. The van der Waals surface area contributed by atoms with Crippen molar-refractivity contribution in [3.63, 3.8) is 0 Å². The van der Waals surface area contributed by atoms with Crippen molar-refractivity contribution in [1.82, 2.24) is 10.2 Å². The predicted octanol–water partition coefficient (Wildman–Crippen LogP) is 2.42. The van der Waals surface area contributed by atoms with Gasteiger partial charge >= 0.3 is 0 Å². The van der Waals surface area contributed by atoms with Crippen LogP contribution in [0.5, 0.6) is 0 Å². The molecule has 1 atom stereocenters. The van der Waals surface area contributed by atoms with Crippen LogP contribution in [0.1, 0.15) is 38.3 Å². The third-order valence-corrected chi connectivity index (χ3v) is 4.19. The molecule has 4 heteroatoms. The summed E-state index contributed by atoms with van der Waals surface area (Å²) in [6.07, 6.45) is 2.07. The Morgan fingerprint density at radius 3 is 2.71 bits per heavy atom. The van der Waals surface area contributed by atoms with Gasteiger partial charge < -0.3 is 15.1 Å². The molecule has 2 rings (SSSR count). The zero-order valence-electron chi connectivity index (χ0n) is 13.4. The third kappa shape index (κ3) is 3.76. The van der Waals surface area contributed by atoms with E-state index in [9.17, 15) is 4.79 Å². The summed E-state index contributed by atoms with van der Waals surface area (Å²) in [5.74, 6) is 0.207. The van der Waals surface area contributed by atoms with Crippen LogP contribution < -0.4 is 10.2 Å². The molecule has 0 spiro atoms. The van der Waals surface area contributed by atoms with E-state index in [2.05, 4.69) is 48.3 Å². The highest BCUT2D eigenvalue weighted by Gasteiger charge is 2.22. The second-order valence-electron chi connectivity index (χ2n) is 5.67. The number of carbonyl (C=O) groups is 1. The normalized spacial score (nSPS) is 17.8. The Hall–Kier alpha value is -1.55. The van der Waals surface area contributed by atoms with Crippen LogP contribution in [0.15, 0.2) is 24.3 Å². The summed E-state index contributed by atoms with van der Waals surface area (Å²) in [5, 5.41) is 3.54. The molecule has 1 amide bonds. The molecule has 1 aromatic rings. The zero-order chi connectivity index (χ0) is 15.2. The zero-order valence-corrected chi connectivity index (χ0v) is 13.4. The first-order valence-corrected chi connectivity index (χ1v) is 7.98. The first-order chi connectivity index (χ1) is 10.2. The van der Waals surface area contributed by atoms with E-state index < -0.39 is 0 Å². The Kier molecular flexibility index (Phi) is 5.62. The SMILES string of the molecule is CCNC(CC)c1ccccc1N1CCCN(C)C(=O)C1. The number of hydrogen-bond acceptors (Lipinski definition) is 3. The van der Waals surface area contributed by atoms with E-state index in [0.29, 0.717) is 12.6 Å². The molecular weight excluding hydrogens is 262 g/mol. The lowest BCUT2D eigenvalue weighted by atomic mass is 10.0. The molecule has 1 saturated heterocycles. The van der Waals surface area contributed by atoms with Gasteiger partial charge in [0.25, 0.3) is 0 Å². The Labute approximate surface area is 128 Å². The Morgan fingerprint density at radius 2 is 2.00 bits per heavy atom. The minimum atomic E-state index is 0.207. The molecule has 1 aliphatic rings.